The van der Waals surface area contributed by atoms with E-state index < -0.39 is 18.3 Å². The molecule has 0 N–H and O–H groups in total. The second-order valence-electron chi connectivity index (χ2n) is 7.53. The first-order valence-corrected chi connectivity index (χ1v) is 9.70. The third-order valence-electron chi connectivity index (χ3n) is 5.05. The molecule has 4 nitrogen and oxygen atoms in total. The Morgan fingerprint density at radius 1 is 1.19 bits per heavy atom. The highest BCUT2D eigenvalue weighted by Gasteiger charge is 2.52. The van der Waals surface area contributed by atoms with Gasteiger partial charge < -0.3 is 9.31 Å². The molecular weight excluding hydrogens is 345 g/mol. The largest absolute Gasteiger partial charge is 0.491 e. The summed E-state index contributed by atoms with van der Waals surface area (Å²) in [6, 6.07) is 8.11. The summed E-state index contributed by atoms with van der Waals surface area (Å²) in [6.45, 7) is 9.72. The third-order valence-corrected chi connectivity index (χ3v) is 5.94. The molecule has 0 saturated carbocycles. The van der Waals surface area contributed by atoms with Crippen molar-refractivity contribution in [2.24, 2.45) is 0 Å². The Bertz CT molecular complexity index is 842. The van der Waals surface area contributed by atoms with Gasteiger partial charge in [0.25, 0.3) is 0 Å². The summed E-state index contributed by atoms with van der Waals surface area (Å²) in [4.78, 5) is 15.7. The van der Waals surface area contributed by atoms with E-state index in [0.717, 1.165) is 21.8 Å². The molecule has 0 spiro atoms. The van der Waals surface area contributed by atoms with Crippen molar-refractivity contribution < 1.29 is 14.1 Å². The normalized spacial score (nSPS) is 19.1. The van der Waals surface area contributed by atoms with Crippen LogP contribution in [0.2, 0.25) is 0 Å². The minimum Gasteiger partial charge on any atom is -0.400 e. The average molecular weight is 369 g/mol. The van der Waals surface area contributed by atoms with Crippen molar-refractivity contribution >= 4 is 40.8 Å². The fourth-order valence-electron chi connectivity index (χ4n) is 2.83. The van der Waals surface area contributed by atoms with Crippen molar-refractivity contribution in [3.05, 3.63) is 47.7 Å². The van der Waals surface area contributed by atoms with Gasteiger partial charge in [0, 0.05) is 30.5 Å². The van der Waals surface area contributed by atoms with E-state index in [1.807, 2.05) is 52.1 Å². The van der Waals surface area contributed by atoms with Crippen molar-refractivity contribution in [3.63, 3.8) is 0 Å². The molecular formula is C20H24BNO3S. The van der Waals surface area contributed by atoms with Crippen LogP contribution in [0.5, 0.6) is 0 Å². The number of hydrogen-bond acceptors (Lipinski definition) is 5. The van der Waals surface area contributed by atoms with Gasteiger partial charge in [-0.25, -0.2) is 0 Å². The number of carbonyl (C=O) groups excluding carboxylic acids is 1. The SMILES string of the molecule is CC(=O)SCC(=Cc1cccc2cnccc12)B1OC(C)(C)C(C)(C)O1. The molecule has 1 aromatic carbocycles. The average Bonchev–Trinajstić information content (AvgIpc) is 2.79. The van der Waals surface area contributed by atoms with Crippen LogP contribution in [0.4, 0.5) is 0 Å². The lowest BCUT2D eigenvalue weighted by Gasteiger charge is -2.32. The Kier molecular flexibility index (Phi) is 5.29. The number of fused-ring (bicyclic) bond motifs is 1. The van der Waals surface area contributed by atoms with Gasteiger partial charge in [-0.15, -0.1) is 0 Å². The van der Waals surface area contributed by atoms with Crippen LogP contribution in [-0.4, -0.2) is 34.2 Å². The van der Waals surface area contributed by atoms with E-state index in [0.29, 0.717) is 5.75 Å². The molecule has 0 aliphatic carbocycles. The van der Waals surface area contributed by atoms with Crippen molar-refractivity contribution in [2.45, 2.75) is 45.8 Å². The van der Waals surface area contributed by atoms with Gasteiger partial charge in [0.15, 0.2) is 5.12 Å². The highest BCUT2D eigenvalue weighted by atomic mass is 32.2. The maximum Gasteiger partial charge on any atom is 0.491 e. The molecule has 0 bridgehead atoms. The van der Waals surface area contributed by atoms with Crippen molar-refractivity contribution in [1.29, 1.82) is 0 Å². The highest BCUT2D eigenvalue weighted by Crippen LogP contribution is 2.39. The van der Waals surface area contributed by atoms with E-state index in [1.165, 1.54) is 11.8 Å². The summed E-state index contributed by atoms with van der Waals surface area (Å²) < 4.78 is 12.4. The smallest absolute Gasteiger partial charge is 0.400 e. The standard InChI is InChI=1S/C20H24BNO3S/c1-14(23)26-13-17(21-24-19(2,3)20(4,5)25-21)11-15-7-6-8-16-12-22-10-9-18(15)16/h6-12H,13H2,1-5H3. The first-order valence-electron chi connectivity index (χ1n) is 8.72. The molecule has 2 aromatic rings. The van der Waals surface area contributed by atoms with Crippen molar-refractivity contribution in [1.82, 2.24) is 4.98 Å². The quantitative estimate of drug-likeness (QED) is 0.741. The molecule has 1 aromatic heterocycles. The van der Waals surface area contributed by atoms with Gasteiger partial charge >= 0.3 is 7.12 Å². The van der Waals surface area contributed by atoms with Crippen LogP contribution >= 0.6 is 11.8 Å². The fourth-order valence-corrected chi connectivity index (χ4v) is 3.42. The lowest BCUT2D eigenvalue weighted by Crippen LogP contribution is -2.41. The van der Waals surface area contributed by atoms with Crippen LogP contribution in [-0.2, 0) is 14.1 Å². The molecule has 0 amide bonds. The van der Waals surface area contributed by atoms with E-state index in [-0.39, 0.29) is 5.12 Å². The third kappa shape index (κ3) is 3.87. The number of nitrogens with zero attached hydrogens (tertiary/aromatic N) is 1. The Hall–Kier alpha value is -1.63. The molecule has 1 fully saturated rings. The lowest BCUT2D eigenvalue weighted by atomic mass is 9.78. The summed E-state index contributed by atoms with van der Waals surface area (Å²) in [5.74, 6) is 0.535. The number of thioether (sulfide) groups is 1. The van der Waals surface area contributed by atoms with Crippen LogP contribution in [0.3, 0.4) is 0 Å². The monoisotopic (exact) mass is 369 g/mol. The molecule has 0 atom stereocenters. The van der Waals surface area contributed by atoms with Gasteiger partial charge in [-0.2, -0.15) is 0 Å². The van der Waals surface area contributed by atoms with E-state index >= 15 is 0 Å². The molecule has 1 aliphatic heterocycles. The molecule has 0 radical (unpaired) electrons. The topological polar surface area (TPSA) is 48.4 Å². The molecule has 1 aliphatic rings. The first-order chi connectivity index (χ1) is 12.2. The Morgan fingerprint density at radius 3 is 2.54 bits per heavy atom. The first kappa shape index (κ1) is 19.1. The molecule has 2 heterocycles. The number of pyridine rings is 1. The van der Waals surface area contributed by atoms with E-state index in [4.69, 9.17) is 9.31 Å². The van der Waals surface area contributed by atoms with Gasteiger partial charge in [-0.1, -0.05) is 36.0 Å². The molecule has 0 unspecified atom stereocenters. The van der Waals surface area contributed by atoms with Crippen molar-refractivity contribution in [3.8, 4) is 0 Å². The van der Waals surface area contributed by atoms with Gasteiger partial charge in [0.2, 0.25) is 0 Å². The van der Waals surface area contributed by atoms with E-state index in [1.54, 1.807) is 13.1 Å². The minimum atomic E-state index is -0.469. The zero-order valence-electron chi connectivity index (χ0n) is 15.9. The number of aromatic nitrogens is 1. The zero-order valence-corrected chi connectivity index (χ0v) is 16.7. The summed E-state index contributed by atoms with van der Waals surface area (Å²) in [5, 5.41) is 2.27. The minimum absolute atomic E-state index is 0.0783. The molecule has 3 rings (SSSR count). The lowest BCUT2D eigenvalue weighted by molar-refractivity contribution is -0.109. The predicted octanol–water partition coefficient (Wildman–Crippen LogP) is 4.53. The number of benzene rings is 1. The maximum absolute atomic E-state index is 11.5. The highest BCUT2D eigenvalue weighted by molar-refractivity contribution is 8.13. The molecule has 6 heteroatoms. The second kappa shape index (κ2) is 7.18. The van der Waals surface area contributed by atoms with Crippen LogP contribution in [0.25, 0.3) is 16.8 Å². The maximum atomic E-state index is 11.5. The molecule has 136 valence electrons. The Balaban J connectivity index is 2.01. The van der Waals surface area contributed by atoms with E-state index in [2.05, 4.69) is 17.1 Å². The predicted molar refractivity (Wildman–Crippen MR) is 109 cm³/mol. The summed E-state index contributed by atoms with van der Waals surface area (Å²) >= 11 is 1.27. The van der Waals surface area contributed by atoms with Gasteiger partial charge in [0.05, 0.1) is 11.2 Å². The Morgan fingerprint density at radius 2 is 1.88 bits per heavy atom. The van der Waals surface area contributed by atoms with Crippen molar-refractivity contribution in [2.75, 3.05) is 5.75 Å². The summed E-state index contributed by atoms with van der Waals surface area (Å²) in [5.41, 5.74) is 1.19. The number of carbonyl (C=O) groups is 1. The summed E-state index contributed by atoms with van der Waals surface area (Å²) in [7, 11) is -0.469. The number of hydrogen-bond donors (Lipinski definition) is 0. The number of rotatable bonds is 4. The molecule has 1 saturated heterocycles. The van der Waals surface area contributed by atoms with Crippen LogP contribution in [0, 0.1) is 0 Å². The fraction of sp³-hybridized carbons (Fsp3) is 0.400. The zero-order chi connectivity index (χ0) is 18.9. The summed E-state index contributed by atoms with van der Waals surface area (Å²) in [6.07, 6.45) is 5.73. The molecule has 26 heavy (non-hydrogen) atoms. The second-order valence-corrected chi connectivity index (χ2v) is 8.68. The Labute approximate surface area is 159 Å². The van der Waals surface area contributed by atoms with Crippen LogP contribution in [0.1, 0.15) is 40.2 Å². The van der Waals surface area contributed by atoms with Crippen LogP contribution < -0.4 is 0 Å². The van der Waals surface area contributed by atoms with Gasteiger partial charge in [0.1, 0.15) is 0 Å². The van der Waals surface area contributed by atoms with Gasteiger partial charge in [-0.3, -0.25) is 9.78 Å². The van der Waals surface area contributed by atoms with Gasteiger partial charge in [-0.05, 0) is 50.2 Å². The van der Waals surface area contributed by atoms with Crippen LogP contribution in [0.15, 0.2) is 42.1 Å². The van der Waals surface area contributed by atoms with E-state index in [9.17, 15) is 4.79 Å².